The van der Waals surface area contributed by atoms with Crippen molar-refractivity contribution in [3.8, 4) is 0 Å². The van der Waals surface area contributed by atoms with Gasteiger partial charge in [0.1, 0.15) is 6.61 Å². The van der Waals surface area contributed by atoms with E-state index in [0.29, 0.717) is 45.2 Å². The number of nitrogens with zero attached hydrogens (tertiary/aromatic N) is 3. The zero-order chi connectivity index (χ0) is 32.5. The molecular formula is C33H38F2N4O7. The van der Waals surface area contributed by atoms with Gasteiger partial charge in [-0.1, -0.05) is 0 Å². The summed E-state index contributed by atoms with van der Waals surface area (Å²) >= 11 is 0. The maximum absolute atomic E-state index is 13.7. The van der Waals surface area contributed by atoms with Crippen molar-refractivity contribution in [3.05, 3.63) is 71.9 Å². The molecule has 3 amide bonds. The van der Waals surface area contributed by atoms with Crippen molar-refractivity contribution in [2.24, 2.45) is 7.05 Å². The van der Waals surface area contributed by atoms with Crippen LogP contribution in [-0.2, 0) is 35.6 Å². The zero-order valence-corrected chi connectivity index (χ0v) is 25.7. The molecular weight excluding hydrogens is 602 g/mol. The van der Waals surface area contributed by atoms with E-state index in [1.165, 1.54) is 23.8 Å². The Morgan fingerprint density at radius 1 is 0.826 bits per heavy atom. The summed E-state index contributed by atoms with van der Waals surface area (Å²) in [5.41, 5.74) is 3.49. The van der Waals surface area contributed by atoms with Gasteiger partial charge in [-0.15, -0.1) is 0 Å². The molecule has 3 heterocycles. The first kappa shape index (κ1) is 33.0. The minimum Gasteiger partial charge on any atom is -0.447 e. The number of aryl methyl sites for hydroxylation is 1. The van der Waals surface area contributed by atoms with Crippen molar-refractivity contribution in [2.75, 3.05) is 71.2 Å². The van der Waals surface area contributed by atoms with Crippen molar-refractivity contribution in [1.82, 2.24) is 14.4 Å². The fourth-order valence-electron chi connectivity index (χ4n) is 5.57. The quantitative estimate of drug-likeness (QED) is 0.191. The van der Waals surface area contributed by atoms with Gasteiger partial charge in [0, 0.05) is 66.8 Å². The highest BCUT2D eigenvalue weighted by molar-refractivity contribution is 6.12. The topological polar surface area (TPSA) is 112 Å². The monoisotopic (exact) mass is 640 g/mol. The molecule has 11 nitrogen and oxygen atoms in total. The highest BCUT2D eigenvalue weighted by Crippen LogP contribution is 2.36. The number of aromatic nitrogens is 1. The maximum atomic E-state index is 13.7. The van der Waals surface area contributed by atoms with E-state index in [9.17, 15) is 23.2 Å². The Morgan fingerprint density at radius 3 is 2.11 bits per heavy atom. The molecule has 1 aromatic heterocycles. The molecule has 2 aliphatic rings. The molecule has 1 saturated heterocycles. The number of anilines is 2. The molecule has 0 saturated carbocycles. The molecule has 2 aliphatic heterocycles. The van der Waals surface area contributed by atoms with Crippen LogP contribution in [0.5, 0.6) is 0 Å². The number of halogens is 2. The predicted molar refractivity (Wildman–Crippen MR) is 166 cm³/mol. The lowest BCUT2D eigenvalue weighted by Crippen LogP contribution is -2.38. The molecule has 2 aromatic carbocycles. The standard InChI is InChI=1S/C33H38F2N4O7/c1-37-22-27(26-20-24(3-5-30(26)37)36-25-2-4-28(34)29(35)21-25)23-8-10-38(11-9-23)33(42)46-19-18-45-17-16-44-15-14-43-13-12-39-31(40)6-7-32(39)41/h2-7,20-23,36H,8-19H2,1H3. The number of nitrogens with one attached hydrogen (secondary N) is 1. The van der Waals surface area contributed by atoms with Crippen molar-refractivity contribution < 1.29 is 42.1 Å². The van der Waals surface area contributed by atoms with Crippen molar-refractivity contribution in [3.63, 3.8) is 0 Å². The van der Waals surface area contributed by atoms with Gasteiger partial charge in [0.2, 0.25) is 0 Å². The van der Waals surface area contributed by atoms with E-state index in [4.69, 9.17) is 18.9 Å². The van der Waals surface area contributed by atoms with Gasteiger partial charge in [-0.3, -0.25) is 14.5 Å². The van der Waals surface area contributed by atoms with Crippen LogP contribution in [0.25, 0.3) is 10.9 Å². The number of piperidine rings is 1. The molecule has 0 aliphatic carbocycles. The lowest BCUT2D eigenvalue weighted by molar-refractivity contribution is -0.137. The third kappa shape index (κ3) is 8.47. The summed E-state index contributed by atoms with van der Waals surface area (Å²) in [7, 11) is 1.99. The first-order valence-electron chi connectivity index (χ1n) is 15.3. The SMILES string of the molecule is Cn1cc(C2CCN(C(=O)OCCOCCOCCOCCN3C(=O)C=CC3=O)CC2)c2cc(Nc3ccc(F)c(F)c3)ccc21. The largest absolute Gasteiger partial charge is 0.447 e. The predicted octanol–water partition coefficient (Wildman–Crippen LogP) is 4.49. The number of rotatable bonds is 15. The maximum Gasteiger partial charge on any atom is 0.409 e. The minimum absolute atomic E-state index is 0.141. The van der Waals surface area contributed by atoms with Gasteiger partial charge < -0.3 is 33.7 Å². The molecule has 0 unspecified atom stereocenters. The van der Waals surface area contributed by atoms with E-state index in [1.54, 1.807) is 4.90 Å². The van der Waals surface area contributed by atoms with E-state index in [0.717, 1.165) is 46.5 Å². The van der Waals surface area contributed by atoms with Gasteiger partial charge in [-0.25, -0.2) is 13.6 Å². The first-order chi connectivity index (χ1) is 22.3. The normalized spacial score (nSPS) is 15.4. The molecule has 5 rings (SSSR count). The van der Waals surface area contributed by atoms with Crippen LogP contribution in [0, 0.1) is 11.6 Å². The molecule has 3 aromatic rings. The Labute approximate surface area is 265 Å². The highest BCUT2D eigenvalue weighted by Gasteiger charge is 2.27. The van der Waals surface area contributed by atoms with Crippen molar-refractivity contribution in [2.45, 2.75) is 18.8 Å². The summed E-state index contributed by atoms with van der Waals surface area (Å²) in [5, 5.41) is 4.23. The van der Waals surface area contributed by atoms with E-state index in [-0.39, 0.29) is 50.2 Å². The molecule has 1 N–H and O–H groups in total. The number of ether oxygens (including phenoxy) is 4. The Hall–Kier alpha value is -4.33. The minimum atomic E-state index is -0.905. The van der Waals surface area contributed by atoms with Crippen molar-refractivity contribution in [1.29, 1.82) is 0 Å². The number of carbonyl (C=O) groups excluding carboxylic acids is 3. The average molecular weight is 641 g/mol. The Kier molecular flexibility index (Phi) is 11.3. The molecule has 246 valence electrons. The van der Waals surface area contributed by atoms with Gasteiger partial charge in [-0.05, 0) is 54.7 Å². The molecule has 0 spiro atoms. The Bertz CT molecular complexity index is 1550. The third-order valence-electron chi connectivity index (χ3n) is 7.98. The lowest BCUT2D eigenvalue weighted by atomic mass is 9.89. The molecule has 0 bridgehead atoms. The number of hydrogen-bond acceptors (Lipinski definition) is 8. The van der Waals surface area contributed by atoms with E-state index >= 15 is 0 Å². The fourth-order valence-corrected chi connectivity index (χ4v) is 5.57. The van der Waals surface area contributed by atoms with Gasteiger partial charge >= 0.3 is 6.09 Å². The number of carbonyl (C=O) groups is 3. The van der Waals surface area contributed by atoms with E-state index in [1.807, 2.05) is 25.2 Å². The van der Waals surface area contributed by atoms with Gasteiger partial charge in [-0.2, -0.15) is 0 Å². The van der Waals surface area contributed by atoms with E-state index in [2.05, 4.69) is 16.1 Å². The van der Waals surface area contributed by atoms with Crippen LogP contribution >= 0.6 is 0 Å². The lowest BCUT2D eigenvalue weighted by Gasteiger charge is -2.31. The third-order valence-corrected chi connectivity index (χ3v) is 7.98. The zero-order valence-electron chi connectivity index (χ0n) is 25.7. The number of hydrogen-bond donors (Lipinski definition) is 1. The summed E-state index contributed by atoms with van der Waals surface area (Å²) in [6, 6.07) is 9.66. The van der Waals surface area contributed by atoms with Crippen LogP contribution in [0.1, 0.15) is 24.3 Å². The Balaban J connectivity index is 0.956. The number of fused-ring (bicyclic) bond motifs is 1. The van der Waals surface area contributed by atoms with Crippen LogP contribution in [0.3, 0.4) is 0 Å². The van der Waals surface area contributed by atoms with Crippen molar-refractivity contribution >= 4 is 40.2 Å². The second-order valence-corrected chi connectivity index (χ2v) is 11.1. The molecule has 1 fully saturated rings. The Morgan fingerprint density at radius 2 is 1.43 bits per heavy atom. The molecule has 46 heavy (non-hydrogen) atoms. The molecule has 0 atom stereocenters. The van der Waals surface area contributed by atoms with Gasteiger partial charge in [0.25, 0.3) is 11.8 Å². The van der Waals surface area contributed by atoms with Crippen LogP contribution in [0.15, 0.2) is 54.7 Å². The smallest absolute Gasteiger partial charge is 0.409 e. The summed E-state index contributed by atoms with van der Waals surface area (Å²) in [4.78, 5) is 38.3. The van der Waals surface area contributed by atoms with E-state index < -0.39 is 11.6 Å². The highest BCUT2D eigenvalue weighted by atomic mass is 19.2. The second-order valence-electron chi connectivity index (χ2n) is 11.1. The fraction of sp³-hybridized carbons (Fsp3) is 0.424. The summed E-state index contributed by atoms with van der Waals surface area (Å²) < 4.78 is 50.8. The number of benzene rings is 2. The van der Waals surface area contributed by atoms with Crippen LogP contribution in [-0.4, -0.2) is 98.2 Å². The molecule has 13 heteroatoms. The van der Waals surface area contributed by atoms with Gasteiger partial charge in [0.05, 0.1) is 46.2 Å². The number of amides is 3. The second kappa shape index (κ2) is 15.8. The summed E-state index contributed by atoms with van der Waals surface area (Å²) in [5.74, 6) is -2.19. The number of imide groups is 1. The van der Waals surface area contributed by atoms with Gasteiger partial charge in [0.15, 0.2) is 11.6 Å². The average Bonchev–Trinajstić information content (AvgIpc) is 3.56. The van der Waals surface area contributed by atoms with Crippen LogP contribution in [0.4, 0.5) is 25.0 Å². The summed E-state index contributed by atoms with van der Waals surface area (Å²) in [6.45, 7) is 3.37. The number of likely N-dealkylation sites (tertiary alicyclic amines) is 1. The summed E-state index contributed by atoms with van der Waals surface area (Å²) in [6.07, 6.45) is 5.82. The van der Waals surface area contributed by atoms with Crippen LogP contribution < -0.4 is 5.32 Å². The molecule has 0 radical (unpaired) electrons. The first-order valence-corrected chi connectivity index (χ1v) is 15.3. The van der Waals surface area contributed by atoms with Crippen LogP contribution in [0.2, 0.25) is 0 Å².